The van der Waals surface area contributed by atoms with Crippen molar-refractivity contribution >= 4 is 11.6 Å². The molecule has 1 aromatic carbocycles. The van der Waals surface area contributed by atoms with E-state index >= 15 is 0 Å². The Morgan fingerprint density at radius 1 is 1.38 bits per heavy atom. The van der Waals surface area contributed by atoms with Crippen molar-refractivity contribution in [1.82, 2.24) is 4.90 Å². The number of anilines is 1. The molecule has 2 N–H and O–H groups in total. The molecule has 2 rings (SSSR count). The molecule has 0 bridgehead atoms. The van der Waals surface area contributed by atoms with E-state index in [-0.39, 0.29) is 5.91 Å². The number of nitrogens with two attached hydrogens (primary N) is 1. The molecule has 1 aliphatic carbocycles. The minimum absolute atomic E-state index is 0.164. The molecular weight excluding hydrogens is 264 g/mol. The van der Waals surface area contributed by atoms with Crippen LogP contribution in [0, 0.1) is 5.92 Å². The van der Waals surface area contributed by atoms with Gasteiger partial charge < -0.3 is 15.4 Å². The smallest absolute Gasteiger partial charge is 0.225 e. The van der Waals surface area contributed by atoms with Crippen LogP contribution in [0.4, 0.5) is 5.69 Å². The van der Waals surface area contributed by atoms with Crippen LogP contribution >= 0.6 is 0 Å². The van der Waals surface area contributed by atoms with Crippen molar-refractivity contribution in [3.8, 4) is 5.75 Å². The van der Waals surface area contributed by atoms with E-state index in [1.165, 1.54) is 19.3 Å². The van der Waals surface area contributed by atoms with E-state index in [1.54, 1.807) is 6.07 Å². The molecule has 0 heterocycles. The van der Waals surface area contributed by atoms with Crippen LogP contribution in [-0.2, 0) is 4.79 Å². The molecule has 4 nitrogen and oxygen atoms in total. The molecule has 0 radical (unpaired) electrons. The third-order valence-electron chi connectivity index (χ3n) is 4.40. The summed E-state index contributed by atoms with van der Waals surface area (Å²) in [5.41, 5.74) is 6.37. The molecule has 0 saturated heterocycles. The van der Waals surface area contributed by atoms with Gasteiger partial charge in [0.05, 0.1) is 13.0 Å². The van der Waals surface area contributed by atoms with E-state index in [0.29, 0.717) is 30.7 Å². The summed E-state index contributed by atoms with van der Waals surface area (Å²) >= 11 is 0. The van der Waals surface area contributed by atoms with E-state index < -0.39 is 0 Å². The van der Waals surface area contributed by atoms with Gasteiger partial charge in [-0.15, -0.1) is 0 Å². The highest BCUT2D eigenvalue weighted by atomic mass is 16.5. The Hall–Kier alpha value is -1.71. The predicted molar refractivity (Wildman–Crippen MR) is 85.2 cm³/mol. The van der Waals surface area contributed by atoms with Gasteiger partial charge in [0.15, 0.2) is 0 Å². The standard InChI is InChI=1S/C17H26N2O2/c1-13-6-3-4-9-16(13)19(2)17(20)10-11-21-15-8-5-7-14(18)12-15/h5,7-8,12-13,16H,3-4,6,9-11,18H2,1-2H3. The number of nitrogen functional groups attached to an aromatic ring is 1. The van der Waals surface area contributed by atoms with Crippen molar-refractivity contribution in [2.24, 2.45) is 5.92 Å². The summed E-state index contributed by atoms with van der Waals surface area (Å²) in [5, 5.41) is 0. The van der Waals surface area contributed by atoms with Crippen LogP contribution in [0.15, 0.2) is 24.3 Å². The maximum Gasteiger partial charge on any atom is 0.225 e. The van der Waals surface area contributed by atoms with E-state index in [9.17, 15) is 4.79 Å². The molecular formula is C17H26N2O2. The van der Waals surface area contributed by atoms with E-state index in [0.717, 1.165) is 12.2 Å². The van der Waals surface area contributed by atoms with E-state index in [1.807, 2.05) is 30.1 Å². The summed E-state index contributed by atoms with van der Waals surface area (Å²) in [6.07, 6.45) is 5.28. The maximum atomic E-state index is 12.3. The number of amides is 1. The first-order valence-electron chi connectivity index (χ1n) is 7.82. The van der Waals surface area contributed by atoms with Crippen LogP contribution in [0.3, 0.4) is 0 Å². The third-order valence-corrected chi connectivity index (χ3v) is 4.40. The van der Waals surface area contributed by atoms with Crippen molar-refractivity contribution in [3.05, 3.63) is 24.3 Å². The lowest BCUT2D eigenvalue weighted by Gasteiger charge is -2.36. The van der Waals surface area contributed by atoms with Gasteiger partial charge in [0.2, 0.25) is 5.91 Å². The minimum atomic E-state index is 0.164. The second-order valence-electron chi connectivity index (χ2n) is 6.00. The molecule has 1 amide bonds. The van der Waals surface area contributed by atoms with Crippen molar-refractivity contribution in [3.63, 3.8) is 0 Å². The second-order valence-corrected chi connectivity index (χ2v) is 6.00. The average molecular weight is 290 g/mol. The number of nitrogens with zero attached hydrogens (tertiary/aromatic N) is 1. The minimum Gasteiger partial charge on any atom is -0.493 e. The lowest BCUT2D eigenvalue weighted by Crippen LogP contribution is -2.43. The van der Waals surface area contributed by atoms with Crippen molar-refractivity contribution in [1.29, 1.82) is 0 Å². The summed E-state index contributed by atoms with van der Waals surface area (Å²) in [6.45, 7) is 2.64. The van der Waals surface area contributed by atoms with Crippen molar-refractivity contribution in [2.75, 3.05) is 19.4 Å². The normalized spacial score (nSPS) is 21.8. The lowest BCUT2D eigenvalue weighted by atomic mass is 9.85. The summed E-state index contributed by atoms with van der Waals surface area (Å²) in [4.78, 5) is 14.2. The van der Waals surface area contributed by atoms with E-state index in [2.05, 4.69) is 6.92 Å². The highest BCUT2D eigenvalue weighted by Gasteiger charge is 2.27. The fraction of sp³-hybridized carbons (Fsp3) is 0.588. The number of hydrogen-bond donors (Lipinski definition) is 1. The quantitative estimate of drug-likeness (QED) is 0.848. The van der Waals surface area contributed by atoms with Gasteiger partial charge in [0, 0.05) is 24.8 Å². The summed E-state index contributed by atoms with van der Waals surface area (Å²) < 4.78 is 5.59. The van der Waals surface area contributed by atoms with Gasteiger partial charge >= 0.3 is 0 Å². The SMILES string of the molecule is CC1CCCCC1N(C)C(=O)CCOc1cccc(N)c1. The Morgan fingerprint density at radius 2 is 2.14 bits per heavy atom. The van der Waals surface area contributed by atoms with Gasteiger partial charge in [-0.25, -0.2) is 0 Å². The zero-order chi connectivity index (χ0) is 15.2. The van der Waals surface area contributed by atoms with Crippen LogP contribution in [0.25, 0.3) is 0 Å². The van der Waals surface area contributed by atoms with Gasteiger partial charge in [-0.1, -0.05) is 25.8 Å². The van der Waals surface area contributed by atoms with Crippen LogP contribution in [0.5, 0.6) is 5.75 Å². The molecule has 2 unspecified atom stereocenters. The summed E-state index contributed by atoms with van der Waals surface area (Å²) in [7, 11) is 1.93. The second kappa shape index (κ2) is 7.34. The number of hydrogen-bond acceptors (Lipinski definition) is 3. The molecule has 1 fully saturated rings. The van der Waals surface area contributed by atoms with Crippen molar-refractivity contribution < 1.29 is 9.53 Å². The first-order chi connectivity index (χ1) is 10.1. The number of benzene rings is 1. The molecule has 0 aromatic heterocycles. The maximum absolute atomic E-state index is 12.3. The molecule has 0 aliphatic heterocycles. The fourth-order valence-electron chi connectivity index (χ4n) is 3.09. The topological polar surface area (TPSA) is 55.6 Å². The third kappa shape index (κ3) is 4.38. The molecule has 116 valence electrons. The largest absolute Gasteiger partial charge is 0.493 e. The summed E-state index contributed by atoms with van der Waals surface area (Å²) in [6, 6.07) is 7.68. The van der Waals surface area contributed by atoms with Crippen molar-refractivity contribution in [2.45, 2.75) is 45.1 Å². The first-order valence-corrected chi connectivity index (χ1v) is 7.82. The van der Waals surface area contributed by atoms with Gasteiger partial charge in [0.1, 0.15) is 5.75 Å². The number of ether oxygens (including phenoxy) is 1. The van der Waals surface area contributed by atoms with Gasteiger partial charge in [-0.3, -0.25) is 4.79 Å². The Labute approximate surface area is 127 Å². The van der Waals surface area contributed by atoms with Gasteiger partial charge in [-0.2, -0.15) is 0 Å². The Balaban J connectivity index is 1.78. The van der Waals surface area contributed by atoms with Crippen LogP contribution < -0.4 is 10.5 Å². The zero-order valence-electron chi connectivity index (χ0n) is 13.0. The predicted octanol–water partition coefficient (Wildman–Crippen LogP) is 3.07. The van der Waals surface area contributed by atoms with Crippen LogP contribution in [0.1, 0.15) is 39.0 Å². The molecule has 1 aromatic rings. The first kappa shape index (κ1) is 15.7. The molecule has 0 spiro atoms. The molecule has 4 heteroatoms. The molecule has 1 aliphatic rings. The lowest BCUT2D eigenvalue weighted by molar-refractivity contribution is -0.134. The van der Waals surface area contributed by atoms with Gasteiger partial charge in [-0.05, 0) is 30.9 Å². The highest BCUT2D eigenvalue weighted by molar-refractivity contribution is 5.76. The molecule has 2 atom stereocenters. The summed E-state index contributed by atoms with van der Waals surface area (Å²) in [5.74, 6) is 1.48. The Bertz CT molecular complexity index is 476. The molecule has 21 heavy (non-hydrogen) atoms. The fourth-order valence-corrected chi connectivity index (χ4v) is 3.09. The highest BCUT2D eigenvalue weighted by Crippen LogP contribution is 2.27. The number of carbonyl (C=O) groups is 1. The van der Waals surface area contributed by atoms with E-state index in [4.69, 9.17) is 10.5 Å². The molecule has 1 saturated carbocycles. The van der Waals surface area contributed by atoms with Gasteiger partial charge in [0.25, 0.3) is 0 Å². The van der Waals surface area contributed by atoms with Crippen LogP contribution in [-0.4, -0.2) is 30.5 Å². The Kier molecular flexibility index (Phi) is 5.48. The zero-order valence-corrected chi connectivity index (χ0v) is 13.0. The average Bonchev–Trinajstić information content (AvgIpc) is 2.47. The Morgan fingerprint density at radius 3 is 2.86 bits per heavy atom. The van der Waals surface area contributed by atoms with Crippen LogP contribution in [0.2, 0.25) is 0 Å². The monoisotopic (exact) mass is 290 g/mol. The number of carbonyl (C=O) groups excluding carboxylic acids is 1. The number of rotatable bonds is 5.